The summed E-state index contributed by atoms with van der Waals surface area (Å²) in [4.78, 5) is 35.9. The first-order valence-electron chi connectivity index (χ1n) is 8.24. The molecule has 0 radical (unpaired) electrons. The molecule has 0 bridgehead atoms. The summed E-state index contributed by atoms with van der Waals surface area (Å²) in [7, 11) is 1.52. The molecule has 1 saturated heterocycles. The summed E-state index contributed by atoms with van der Waals surface area (Å²) in [5, 5.41) is 11.0. The van der Waals surface area contributed by atoms with E-state index in [2.05, 4.69) is 0 Å². The molecule has 0 aromatic heterocycles. The minimum atomic E-state index is -0.453. The highest BCUT2D eigenvalue weighted by molar-refractivity contribution is 5.97. The number of nitro groups is 1. The van der Waals surface area contributed by atoms with Crippen LogP contribution in [-0.4, -0.2) is 28.7 Å². The van der Waals surface area contributed by atoms with Gasteiger partial charge in [-0.05, 0) is 29.7 Å². The zero-order valence-corrected chi connectivity index (χ0v) is 14.3. The molecule has 7 nitrogen and oxygen atoms in total. The molecule has 2 aromatic rings. The van der Waals surface area contributed by atoms with Crippen LogP contribution in [0.2, 0.25) is 0 Å². The lowest BCUT2D eigenvalue weighted by Crippen LogP contribution is -2.39. The summed E-state index contributed by atoms with van der Waals surface area (Å²) in [6.45, 7) is 0.184. The van der Waals surface area contributed by atoms with E-state index < -0.39 is 4.92 Å². The summed E-state index contributed by atoms with van der Waals surface area (Å²) in [5.41, 5.74) is 2.05. The number of likely N-dealkylation sites (tertiary alicyclic amines) is 1. The Bertz CT molecular complexity index is 862. The van der Waals surface area contributed by atoms with Crippen molar-refractivity contribution in [1.82, 2.24) is 4.90 Å². The Morgan fingerprint density at radius 2 is 1.85 bits per heavy atom. The molecule has 134 valence electrons. The number of hydrogen-bond donors (Lipinski definition) is 0. The Morgan fingerprint density at radius 3 is 2.50 bits per heavy atom. The lowest BCUT2D eigenvalue weighted by atomic mass is 10.0. The number of ether oxygens (including phenoxy) is 1. The molecule has 1 aliphatic rings. The Balaban J connectivity index is 1.96. The molecule has 2 amide bonds. The summed E-state index contributed by atoms with van der Waals surface area (Å²) >= 11 is 0. The van der Waals surface area contributed by atoms with Gasteiger partial charge in [-0.25, -0.2) is 0 Å². The zero-order chi connectivity index (χ0) is 18.7. The molecular formula is C19H18N2O5. The van der Waals surface area contributed by atoms with Crippen LogP contribution >= 0.6 is 0 Å². The number of nitro benzene ring substituents is 1. The van der Waals surface area contributed by atoms with Crippen LogP contribution in [0.5, 0.6) is 5.75 Å². The molecule has 3 rings (SSSR count). The highest BCUT2D eigenvalue weighted by Crippen LogP contribution is 2.33. The van der Waals surface area contributed by atoms with Gasteiger partial charge < -0.3 is 4.74 Å². The van der Waals surface area contributed by atoms with Gasteiger partial charge >= 0.3 is 0 Å². The number of piperidine rings is 1. The van der Waals surface area contributed by atoms with Gasteiger partial charge in [-0.1, -0.05) is 18.2 Å². The molecule has 0 unspecified atom stereocenters. The van der Waals surface area contributed by atoms with Crippen molar-refractivity contribution in [2.24, 2.45) is 0 Å². The van der Waals surface area contributed by atoms with Gasteiger partial charge in [-0.2, -0.15) is 0 Å². The van der Waals surface area contributed by atoms with Gasteiger partial charge in [-0.3, -0.25) is 24.6 Å². The molecule has 7 heteroatoms. The monoisotopic (exact) mass is 354 g/mol. The number of methoxy groups -OCH3 is 1. The quantitative estimate of drug-likeness (QED) is 0.467. The number of non-ortho nitro benzene ring substituents is 1. The van der Waals surface area contributed by atoms with Gasteiger partial charge in [0, 0.05) is 30.5 Å². The van der Waals surface area contributed by atoms with Crippen molar-refractivity contribution in [3.05, 3.63) is 58.1 Å². The number of nitrogens with zero attached hydrogens (tertiary/aromatic N) is 2. The molecule has 0 spiro atoms. The first-order valence-corrected chi connectivity index (χ1v) is 8.24. The van der Waals surface area contributed by atoms with E-state index in [-0.39, 0.29) is 24.0 Å². The van der Waals surface area contributed by atoms with Crippen LogP contribution in [0.25, 0.3) is 11.1 Å². The Hall–Kier alpha value is -3.22. The van der Waals surface area contributed by atoms with Crippen molar-refractivity contribution in [2.75, 3.05) is 7.11 Å². The van der Waals surface area contributed by atoms with E-state index >= 15 is 0 Å². The fourth-order valence-electron chi connectivity index (χ4n) is 3.02. The van der Waals surface area contributed by atoms with Crippen LogP contribution in [0, 0.1) is 10.1 Å². The van der Waals surface area contributed by atoms with Crippen molar-refractivity contribution in [3.63, 3.8) is 0 Å². The third-order valence-electron chi connectivity index (χ3n) is 4.36. The van der Waals surface area contributed by atoms with E-state index in [1.54, 1.807) is 30.3 Å². The first-order chi connectivity index (χ1) is 12.5. The van der Waals surface area contributed by atoms with E-state index in [0.717, 1.165) is 5.56 Å². The number of carbonyl (C=O) groups is 2. The predicted octanol–water partition coefficient (Wildman–Crippen LogP) is 3.31. The largest absolute Gasteiger partial charge is 0.496 e. The number of hydrogen-bond acceptors (Lipinski definition) is 5. The maximum atomic E-state index is 12.0. The smallest absolute Gasteiger partial charge is 0.270 e. The van der Waals surface area contributed by atoms with Gasteiger partial charge in [0.15, 0.2) is 0 Å². The van der Waals surface area contributed by atoms with Crippen molar-refractivity contribution in [1.29, 1.82) is 0 Å². The number of carbonyl (C=O) groups excluding carboxylic acids is 2. The molecule has 26 heavy (non-hydrogen) atoms. The standard InChI is InChI=1S/C19H18N2O5/c1-26-17-9-8-13(12-20-18(22)6-3-7-19(20)23)10-16(17)14-4-2-5-15(11-14)21(24)25/h2,4-5,8-11H,3,6-7,12H2,1H3. The maximum Gasteiger partial charge on any atom is 0.270 e. The molecule has 0 atom stereocenters. The number of imide groups is 1. The van der Waals surface area contributed by atoms with Crippen LogP contribution in [0.3, 0.4) is 0 Å². The van der Waals surface area contributed by atoms with Gasteiger partial charge in [-0.15, -0.1) is 0 Å². The molecule has 1 aliphatic heterocycles. The second kappa shape index (κ2) is 7.35. The Morgan fingerprint density at radius 1 is 1.12 bits per heavy atom. The molecule has 2 aromatic carbocycles. The molecule has 1 heterocycles. The SMILES string of the molecule is COc1ccc(CN2C(=O)CCCC2=O)cc1-c1cccc([N+](=O)[O-])c1. The topological polar surface area (TPSA) is 89.8 Å². The number of amides is 2. The van der Waals surface area contributed by atoms with E-state index in [1.165, 1.54) is 24.1 Å². The highest BCUT2D eigenvalue weighted by Gasteiger charge is 2.26. The summed E-state index contributed by atoms with van der Waals surface area (Å²) in [6.07, 6.45) is 1.34. The van der Waals surface area contributed by atoms with Gasteiger partial charge in [0.05, 0.1) is 18.6 Å². The molecular weight excluding hydrogens is 336 g/mol. The summed E-state index contributed by atoms with van der Waals surface area (Å²) < 4.78 is 5.37. The lowest BCUT2D eigenvalue weighted by Gasteiger charge is -2.25. The molecule has 1 fully saturated rings. The summed E-state index contributed by atoms with van der Waals surface area (Å²) in [6, 6.07) is 11.6. The van der Waals surface area contributed by atoms with Gasteiger partial charge in [0.25, 0.3) is 5.69 Å². The van der Waals surface area contributed by atoms with Crippen molar-refractivity contribution in [2.45, 2.75) is 25.8 Å². The van der Waals surface area contributed by atoms with Crippen LogP contribution < -0.4 is 4.74 Å². The lowest BCUT2D eigenvalue weighted by molar-refractivity contribution is -0.384. The fourth-order valence-corrected chi connectivity index (χ4v) is 3.02. The highest BCUT2D eigenvalue weighted by atomic mass is 16.6. The average Bonchev–Trinajstić information content (AvgIpc) is 2.65. The number of benzene rings is 2. The van der Waals surface area contributed by atoms with Crippen molar-refractivity contribution in [3.8, 4) is 16.9 Å². The van der Waals surface area contributed by atoms with Crippen molar-refractivity contribution < 1.29 is 19.2 Å². The molecule has 0 aliphatic carbocycles. The predicted molar refractivity (Wildman–Crippen MR) is 94.5 cm³/mol. The second-order valence-electron chi connectivity index (χ2n) is 6.07. The summed E-state index contributed by atoms with van der Waals surface area (Å²) in [5.74, 6) is 0.216. The fraction of sp³-hybridized carbons (Fsp3) is 0.263. The Kier molecular flexibility index (Phi) is 4.97. The zero-order valence-electron chi connectivity index (χ0n) is 14.3. The minimum Gasteiger partial charge on any atom is -0.496 e. The normalized spacial score (nSPS) is 14.4. The number of rotatable bonds is 5. The minimum absolute atomic E-state index is 0.0173. The Labute approximate surface area is 150 Å². The van der Waals surface area contributed by atoms with Gasteiger partial charge in [0.2, 0.25) is 11.8 Å². The first kappa shape index (κ1) is 17.6. The molecule has 0 N–H and O–H groups in total. The van der Waals surface area contributed by atoms with Crippen LogP contribution in [0.4, 0.5) is 5.69 Å². The maximum absolute atomic E-state index is 12.0. The van der Waals surface area contributed by atoms with Crippen molar-refractivity contribution >= 4 is 17.5 Å². The van der Waals surface area contributed by atoms with E-state index in [0.29, 0.717) is 36.1 Å². The van der Waals surface area contributed by atoms with Crippen LogP contribution in [-0.2, 0) is 16.1 Å². The third-order valence-corrected chi connectivity index (χ3v) is 4.36. The van der Waals surface area contributed by atoms with Gasteiger partial charge in [0.1, 0.15) is 5.75 Å². The van der Waals surface area contributed by atoms with E-state index in [1.807, 2.05) is 0 Å². The van der Waals surface area contributed by atoms with E-state index in [4.69, 9.17) is 4.74 Å². The van der Waals surface area contributed by atoms with Crippen LogP contribution in [0.1, 0.15) is 24.8 Å². The second-order valence-corrected chi connectivity index (χ2v) is 6.07. The third kappa shape index (κ3) is 3.56. The van der Waals surface area contributed by atoms with Crippen LogP contribution in [0.15, 0.2) is 42.5 Å². The molecule has 0 saturated carbocycles. The van der Waals surface area contributed by atoms with E-state index in [9.17, 15) is 19.7 Å². The average molecular weight is 354 g/mol.